The highest BCUT2D eigenvalue weighted by Gasteiger charge is 2.10. The lowest BCUT2D eigenvalue weighted by Crippen LogP contribution is -2.10. The highest BCUT2D eigenvalue weighted by molar-refractivity contribution is 7.92. The minimum Gasteiger partial charge on any atom is -0.384 e. The van der Waals surface area contributed by atoms with Crippen molar-refractivity contribution in [2.75, 3.05) is 24.8 Å². The number of rotatable bonds is 8. The molecule has 138 valence electrons. The predicted octanol–water partition coefficient (Wildman–Crippen LogP) is 3.12. The summed E-state index contributed by atoms with van der Waals surface area (Å²) in [4.78, 5) is 4.92. The van der Waals surface area contributed by atoms with E-state index in [1.54, 1.807) is 25.4 Å². The highest BCUT2D eigenvalue weighted by atomic mass is 32.2. The summed E-state index contributed by atoms with van der Waals surface area (Å²) in [6.45, 7) is 3.74. The van der Waals surface area contributed by atoms with Crippen molar-refractivity contribution in [2.24, 2.45) is 0 Å². The quantitative estimate of drug-likeness (QED) is 0.633. The lowest BCUT2D eigenvalue weighted by Gasteiger charge is -2.10. The van der Waals surface area contributed by atoms with Crippen molar-refractivity contribution in [3.8, 4) is 0 Å². The average molecular weight is 373 g/mol. The lowest BCUT2D eigenvalue weighted by atomic mass is 10.2. The molecular weight excluding hydrogens is 350 g/mol. The van der Waals surface area contributed by atoms with E-state index < -0.39 is 9.73 Å². The Bertz CT molecular complexity index is 980. The fraction of sp³-hybridized carbons (Fsp3) is 0.333. The third-order valence-corrected chi connectivity index (χ3v) is 5.98. The summed E-state index contributed by atoms with van der Waals surface area (Å²) in [5.74, 6) is 0.206. The van der Waals surface area contributed by atoms with Crippen LogP contribution < -0.4 is 5.32 Å². The molecule has 0 spiro atoms. The van der Waals surface area contributed by atoms with Gasteiger partial charge in [0.1, 0.15) is 0 Å². The maximum atomic E-state index is 12.4. The maximum absolute atomic E-state index is 12.4. The molecular formula is C18H23N5O2S. The molecule has 0 saturated carbocycles. The van der Waals surface area contributed by atoms with E-state index in [2.05, 4.69) is 15.4 Å². The van der Waals surface area contributed by atoms with Gasteiger partial charge in [0.15, 0.2) is 5.65 Å². The highest BCUT2D eigenvalue weighted by Crippen LogP contribution is 2.22. The van der Waals surface area contributed by atoms with Crippen molar-refractivity contribution in [1.82, 2.24) is 14.8 Å². The van der Waals surface area contributed by atoms with Crippen molar-refractivity contribution in [3.05, 3.63) is 48.3 Å². The molecule has 3 aromatic rings. The predicted molar refractivity (Wildman–Crippen MR) is 103 cm³/mol. The zero-order chi connectivity index (χ0) is 18.6. The Balaban J connectivity index is 1.72. The SMILES string of the molecule is CCn1ncc2c(NCc3ccc(S(=N)(=O)CCOC)cc3)ccnc21. The minimum atomic E-state index is -2.80. The van der Waals surface area contributed by atoms with Crippen molar-refractivity contribution in [3.63, 3.8) is 0 Å². The smallest absolute Gasteiger partial charge is 0.159 e. The largest absolute Gasteiger partial charge is 0.384 e. The van der Waals surface area contributed by atoms with E-state index in [-0.39, 0.29) is 5.75 Å². The molecule has 2 heterocycles. The van der Waals surface area contributed by atoms with Crippen LogP contribution in [-0.2, 0) is 27.6 Å². The second-order valence-corrected chi connectivity index (χ2v) is 8.16. The first-order valence-electron chi connectivity index (χ1n) is 8.44. The van der Waals surface area contributed by atoms with Gasteiger partial charge in [0, 0.05) is 37.0 Å². The van der Waals surface area contributed by atoms with Crippen molar-refractivity contribution in [1.29, 1.82) is 4.78 Å². The monoisotopic (exact) mass is 373 g/mol. The zero-order valence-electron chi connectivity index (χ0n) is 14.9. The first kappa shape index (κ1) is 18.3. The number of ether oxygens (including phenoxy) is 1. The van der Waals surface area contributed by atoms with Gasteiger partial charge in [-0.1, -0.05) is 12.1 Å². The van der Waals surface area contributed by atoms with Crippen LogP contribution in [0.3, 0.4) is 0 Å². The first-order valence-corrected chi connectivity index (χ1v) is 10.2. The van der Waals surface area contributed by atoms with E-state index in [1.807, 2.05) is 36.0 Å². The molecule has 3 rings (SSSR count). The summed E-state index contributed by atoms with van der Waals surface area (Å²) in [6, 6.07) is 9.26. The Labute approximate surface area is 153 Å². The Kier molecular flexibility index (Phi) is 5.53. The number of hydrogen-bond donors (Lipinski definition) is 2. The summed E-state index contributed by atoms with van der Waals surface area (Å²) < 4.78 is 27.2. The number of aromatic nitrogens is 3. The number of pyridine rings is 1. The lowest BCUT2D eigenvalue weighted by molar-refractivity contribution is 0.217. The molecule has 7 nitrogen and oxygen atoms in total. The van der Waals surface area contributed by atoms with Crippen LogP contribution in [0.5, 0.6) is 0 Å². The van der Waals surface area contributed by atoms with Gasteiger partial charge in [0.25, 0.3) is 0 Å². The second kappa shape index (κ2) is 7.84. The Hall–Kier alpha value is -2.45. The molecule has 1 aromatic carbocycles. The molecule has 0 aliphatic carbocycles. The number of benzene rings is 1. The molecule has 26 heavy (non-hydrogen) atoms. The molecule has 0 aliphatic rings. The van der Waals surface area contributed by atoms with Gasteiger partial charge in [-0.3, -0.25) is 0 Å². The Morgan fingerprint density at radius 3 is 2.73 bits per heavy atom. The Morgan fingerprint density at radius 2 is 2.04 bits per heavy atom. The van der Waals surface area contributed by atoms with Crippen LogP contribution in [-0.4, -0.2) is 38.4 Å². The molecule has 0 saturated heterocycles. The van der Waals surface area contributed by atoms with E-state index >= 15 is 0 Å². The van der Waals surface area contributed by atoms with Gasteiger partial charge in [-0.2, -0.15) is 5.10 Å². The molecule has 1 unspecified atom stereocenters. The van der Waals surface area contributed by atoms with E-state index in [0.717, 1.165) is 28.8 Å². The summed E-state index contributed by atoms with van der Waals surface area (Å²) in [6.07, 6.45) is 3.59. The normalized spacial score (nSPS) is 13.6. The number of anilines is 1. The molecule has 0 fully saturated rings. The number of fused-ring (bicyclic) bond motifs is 1. The zero-order valence-corrected chi connectivity index (χ0v) is 15.8. The molecule has 2 aromatic heterocycles. The maximum Gasteiger partial charge on any atom is 0.159 e. The van der Waals surface area contributed by atoms with Crippen LogP contribution >= 0.6 is 0 Å². The van der Waals surface area contributed by atoms with Gasteiger partial charge in [-0.15, -0.1) is 0 Å². The fourth-order valence-corrected chi connectivity index (χ4v) is 3.92. The summed E-state index contributed by atoms with van der Waals surface area (Å²) in [5, 5.41) is 8.73. The molecule has 0 radical (unpaired) electrons. The molecule has 0 amide bonds. The number of aryl methyl sites for hydroxylation is 1. The van der Waals surface area contributed by atoms with Crippen LogP contribution in [0.4, 0.5) is 5.69 Å². The van der Waals surface area contributed by atoms with Crippen LogP contribution in [0.1, 0.15) is 12.5 Å². The van der Waals surface area contributed by atoms with E-state index in [0.29, 0.717) is 18.0 Å². The van der Waals surface area contributed by atoms with Crippen LogP contribution in [0.25, 0.3) is 11.0 Å². The standard InChI is InChI=1S/C18H23N5O2S/c1-3-23-18-16(13-22-23)17(8-9-20-18)21-12-14-4-6-15(7-5-14)26(19,24)11-10-25-2/h4-9,13,19H,3,10-12H2,1-2H3,(H,20,21). The molecule has 2 N–H and O–H groups in total. The Morgan fingerprint density at radius 1 is 1.27 bits per heavy atom. The van der Waals surface area contributed by atoms with Crippen LogP contribution in [0, 0.1) is 4.78 Å². The number of nitrogens with one attached hydrogen (secondary N) is 2. The van der Waals surface area contributed by atoms with E-state index in [9.17, 15) is 4.21 Å². The third kappa shape index (κ3) is 3.86. The molecule has 0 bridgehead atoms. The van der Waals surface area contributed by atoms with Crippen molar-refractivity contribution >= 4 is 26.4 Å². The van der Waals surface area contributed by atoms with E-state index in [1.165, 1.54) is 0 Å². The van der Waals surface area contributed by atoms with Gasteiger partial charge < -0.3 is 10.1 Å². The van der Waals surface area contributed by atoms with Gasteiger partial charge >= 0.3 is 0 Å². The second-order valence-electron chi connectivity index (χ2n) is 5.93. The topological polar surface area (TPSA) is 92.9 Å². The fourth-order valence-electron chi connectivity index (χ4n) is 2.71. The van der Waals surface area contributed by atoms with E-state index in [4.69, 9.17) is 9.52 Å². The average Bonchev–Trinajstić information content (AvgIpc) is 3.09. The van der Waals surface area contributed by atoms with Gasteiger partial charge in [0.05, 0.1) is 33.7 Å². The number of methoxy groups -OCH3 is 1. The summed E-state index contributed by atoms with van der Waals surface area (Å²) >= 11 is 0. The number of hydrogen-bond acceptors (Lipinski definition) is 6. The van der Waals surface area contributed by atoms with Crippen LogP contribution in [0.2, 0.25) is 0 Å². The van der Waals surface area contributed by atoms with Gasteiger partial charge in [-0.05, 0) is 30.7 Å². The molecule has 0 aliphatic heterocycles. The summed E-state index contributed by atoms with van der Waals surface area (Å²) in [5.41, 5.74) is 2.88. The van der Waals surface area contributed by atoms with Crippen molar-refractivity contribution in [2.45, 2.75) is 24.9 Å². The minimum absolute atomic E-state index is 0.206. The van der Waals surface area contributed by atoms with Gasteiger partial charge in [0.2, 0.25) is 0 Å². The van der Waals surface area contributed by atoms with Crippen molar-refractivity contribution < 1.29 is 8.95 Å². The molecule has 1 atom stereocenters. The number of nitrogens with zero attached hydrogens (tertiary/aromatic N) is 3. The summed E-state index contributed by atoms with van der Waals surface area (Å²) in [7, 11) is -1.25. The first-order chi connectivity index (χ1) is 12.5. The van der Waals surface area contributed by atoms with Gasteiger partial charge in [-0.25, -0.2) is 18.7 Å². The van der Waals surface area contributed by atoms with Crippen LogP contribution in [0.15, 0.2) is 47.6 Å². The third-order valence-electron chi connectivity index (χ3n) is 4.20. The molecule has 8 heteroatoms.